The van der Waals surface area contributed by atoms with Crippen molar-refractivity contribution >= 4 is 23.2 Å². The molecule has 1 amide bonds. The summed E-state index contributed by atoms with van der Waals surface area (Å²) >= 11 is 6.03. The Morgan fingerprint density at radius 2 is 1.90 bits per heavy atom. The third kappa shape index (κ3) is 2.95. The zero-order chi connectivity index (χ0) is 15.6. The lowest BCUT2D eigenvalue weighted by atomic mass is 10.2. The molecule has 7 heteroatoms. The molecule has 0 aliphatic heterocycles. The monoisotopic (exact) mass is 309 g/mol. The number of ether oxygens (including phenoxy) is 2. The van der Waals surface area contributed by atoms with Crippen LogP contribution in [0.25, 0.3) is 0 Å². The number of anilines is 1. The van der Waals surface area contributed by atoms with Gasteiger partial charge in [0.1, 0.15) is 11.5 Å². The lowest BCUT2D eigenvalue weighted by molar-refractivity contribution is 0.102. The summed E-state index contributed by atoms with van der Waals surface area (Å²) in [5.41, 5.74) is 2.44. The molecular formula is C14H16ClN3O3. The van der Waals surface area contributed by atoms with Crippen molar-refractivity contribution in [2.24, 2.45) is 0 Å². The first-order valence-electron chi connectivity index (χ1n) is 6.22. The lowest BCUT2D eigenvalue weighted by Crippen LogP contribution is -2.14. The number of amides is 1. The van der Waals surface area contributed by atoms with Gasteiger partial charge in [-0.05, 0) is 13.8 Å². The Balaban J connectivity index is 2.34. The van der Waals surface area contributed by atoms with Crippen molar-refractivity contribution in [3.63, 3.8) is 0 Å². The van der Waals surface area contributed by atoms with Crippen LogP contribution in [0.1, 0.15) is 21.7 Å². The van der Waals surface area contributed by atoms with Gasteiger partial charge in [0.2, 0.25) is 0 Å². The van der Waals surface area contributed by atoms with E-state index in [2.05, 4.69) is 15.5 Å². The summed E-state index contributed by atoms with van der Waals surface area (Å²) in [6, 6.07) is 3.19. The molecule has 112 valence electrons. The molecule has 0 aliphatic rings. The molecule has 0 radical (unpaired) electrons. The SMILES string of the molecule is COc1cc(NC(=O)c2n[nH]c(C)c2C)c(OC)cc1Cl. The van der Waals surface area contributed by atoms with Gasteiger partial charge in [0, 0.05) is 23.4 Å². The number of rotatable bonds is 4. The lowest BCUT2D eigenvalue weighted by Gasteiger charge is -2.12. The van der Waals surface area contributed by atoms with Gasteiger partial charge in [0.15, 0.2) is 5.69 Å². The maximum Gasteiger partial charge on any atom is 0.276 e. The molecule has 0 atom stereocenters. The van der Waals surface area contributed by atoms with Gasteiger partial charge < -0.3 is 14.8 Å². The molecular weight excluding hydrogens is 294 g/mol. The van der Waals surface area contributed by atoms with E-state index in [-0.39, 0.29) is 5.91 Å². The van der Waals surface area contributed by atoms with E-state index >= 15 is 0 Å². The maximum absolute atomic E-state index is 12.3. The van der Waals surface area contributed by atoms with Crippen molar-refractivity contribution in [1.82, 2.24) is 10.2 Å². The van der Waals surface area contributed by atoms with Crippen LogP contribution in [0.4, 0.5) is 5.69 Å². The third-order valence-corrected chi connectivity index (χ3v) is 3.49. The number of carbonyl (C=O) groups is 1. The van der Waals surface area contributed by atoms with Crippen LogP contribution in [0.15, 0.2) is 12.1 Å². The molecule has 1 heterocycles. The zero-order valence-electron chi connectivity index (χ0n) is 12.2. The Hall–Kier alpha value is -2.21. The highest BCUT2D eigenvalue weighted by Crippen LogP contribution is 2.36. The highest BCUT2D eigenvalue weighted by molar-refractivity contribution is 6.32. The highest BCUT2D eigenvalue weighted by Gasteiger charge is 2.17. The van der Waals surface area contributed by atoms with Crippen molar-refractivity contribution < 1.29 is 14.3 Å². The van der Waals surface area contributed by atoms with Gasteiger partial charge >= 0.3 is 0 Å². The molecule has 0 saturated carbocycles. The topological polar surface area (TPSA) is 76.2 Å². The standard InChI is InChI=1S/C14H16ClN3O3/c1-7-8(2)17-18-13(7)14(19)16-10-6-11(20-3)9(15)5-12(10)21-4/h5-6H,1-4H3,(H,16,19)(H,17,18). The molecule has 0 bridgehead atoms. The van der Waals surface area contributed by atoms with Gasteiger partial charge in [-0.2, -0.15) is 5.10 Å². The number of nitrogens with one attached hydrogen (secondary N) is 2. The first-order chi connectivity index (χ1) is 9.97. The molecule has 0 spiro atoms. The van der Waals surface area contributed by atoms with Crippen molar-refractivity contribution in [3.8, 4) is 11.5 Å². The molecule has 2 N–H and O–H groups in total. The van der Waals surface area contributed by atoms with E-state index < -0.39 is 0 Å². The maximum atomic E-state index is 12.3. The molecule has 0 saturated heterocycles. The summed E-state index contributed by atoms with van der Waals surface area (Å²) < 4.78 is 10.4. The highest BCUT2D eigenvalue weighted by atomic mass is 35.5. The van der Waals surface area contributed by atoms with E-state index in [9.17, 15) is 4.79 Å². The average Bonchev–Trinajstić information content (AvgIpc) is 2.80. The summed E-state index contributed by atoms with van der Waals surface area (Å²) in [7, 11) is 3.00. The first kappa shape index (κ1) is 15.2. The number of halogens is 1. The normalized spacial score (nSPS) is 10.3. The number of hydrogen-bond donors (Lipinski definition) is 2. The van der Waals surface area contributed by atoms with E-state index in [1.54, 1.807) is 12.1 Å². The number of aromatic nitrogens is 2. The Morgan fingerprint density at radius 3 is 2.43 bits per heavy atom. The van der Waals surface area contributed by atoms with Gasteiger partial charge in [-0.1, -0.05) is 11.6 Å². The largest absolute Gasteiger partial charge is 0.495 e. The Labute approximate surface area is 127 Å². The van der Waals surface area contributed by atoms with Crippen LogP contribution in [-0.2, 0) is 0 Å². The zero-order valence-corrected chi connectivity index (χ0v) is 13.0. The molecule has 1 aromatic carbocycles. The Kier molecular flexibility index (Phi) is 4.37. The number of aryl methyl sites for hydroxylation is 1. The summed E-state index contributed by atoms with van der Waals surface area (Å²) in [5.74, 6) is 0.557. The second kappa shape index (κ2) is 6.05. The number of aromatic amines is 1. The first-order valence-corrected chi connectivity index (χ1v) is 6.60. The van der Waals surface area contributed by atoms with E-state index in [4.69, 9.17) is 21.1 Å². The fourth-order valence-corrected chi connectivity index (χ4v) is 2.08. The van der Waals surface area contributed by atoms with Crippen LogP contribution in [0.5, 0.6) is 11.5 Å². The smallest absolute Gasteiger partial charge is 0.276 e. The molecule has 1 aromatic heterocycles. The predicted molar refractivity (Wildman–Crippen MR) is 80.6 cm³/mol. The summed E-state index contributed by atoms with van der Waals surface area (Å²) in [6.45, 7) is 3.68. The van der Waals surface area contributed by atoms with E-state index in [1.807, 2.05) is 13.8 Å². The van der Waals surface area contributed by atoms with Crippen LogP contribution in [0.3, 0.4) is 0 Å². The molecule has 6 nitrogen and oxygen atoms in total. The number of carbonyl (C=O) groups excluding carboxylic acids is 1. The Morgan fingerprint density at radius 1 is 1.24 bits per heavy atom. The number of H-pyrrole nitrogens is 1. The van der Waals surface area contributed by atoms with Crippen molar-refractivity contribution in [2.45, 2.75) is 13.8 Å². The molecule has 0 fully saturated rings. The third-order valence-electron chi connectivity index (χ3n) is 3.19. The number of benzene rings is 1. The van der Waals surface area contributed by atoms with Gasteiger partial charge in [-0.3, -0.25) is 9.89 Å². The summed E-state index contributed by atoms with van der Waals surface area (Å²) in [4.78, 5) is 12.3. The molecule has 2 rings (SSSR count). The van der Waals surface area contributed by atoms with Crippen LogP contribution in [0, 0.1) is 13.8 Å². The predicted octanol–water partition coefficient (Wildman–Crippen LogP) is 2.95. The van der Waals surface area contributed by atoms with Gasteiger partial charge in [-0.15, -0.1) is 0 Å². The second-order valence-electron chi connectivity index (χ2n) is 4.46. The number of hydrogen-bond acceptors (Lipinski definition) is 4. The minimum absolute atomic E-state index is 0.334. The quantitative estimate of drug-likeness (QED) is 0.910. The fourth-order valence-electron chi connectivity index (χ4n) is 1.85. The number of nitrogens with zero attached hydrogens (tertiary/aromatic N) is 1. The van der Waals surface area contributed by atoms with Gasteiger partial charge in [0.05, 0.1) is 24.9 Å². The second-order valence-corrected chi connectivity index (χ2v) is 4.87. The van der Waals surface area contributed by atoms with Crippen LogP contribution in [0.2, 0.25) is 5.02 Å². The fraction of sp³-hybridized carbons (Fsp3) is 0.286. The van der Waals surface area contributed by atoms with Crippen molar-refractivity contribution in [1.29, 1.82) is 0 Å². The van der Waals surface area contributed by atoms with Gasteiger partial charge in [0.25, 0.3) is 5.91 Å². The average molecular weight is 310 g/mol. The molecule has 0 aliphatic carbocycles. The van der Waals surface area contributed by atoms with Crippen LogP contribution < -0.4 is 14.8 Å². The van der Waals surface area contributed by atoms with Crippen molar-refractivity contribution in [2.75, 3.05) is 19.5 Å². The van der Waals surface area contributed by atoms with E-state index in [0.29, 0.717) is 27.9 Å². The minimum Gasteiger partial charge on any atom is -0.495 e. The van der Waals surface area contributed by atoms with Gasteiger partial charge in [-0.25, -0.2) is 0 Å². The summed E-state index contributed by atoms with van der Waals surface area (Å²) in [5, 5.41) is 9.92. The molecule has 0 unspecified atom stereocenters. The van der Waals surface area contributed by atoms with Crippen LogP contribution in [-0.4, -0.2) is 30.3 Å². The van der Waals surface area contributed by atoms with Crippen LogP contribution >= 0.6 is 11.6 Å². The van der Waals surface area contributed by atoms with E-state index in [1.165, 1.54) is 14.2 Å². The molecule has 21 heavy (non-hydrogen) atoms. The van der Waals surface area contributed by atoms with Crippen molar-refractivity contribution in [3.05, 3.63) is 34.1 Å². The summed E-state index contributed by atoms with van der Waals surface area (Å²) in [6.07, 6.45) is 0. The minimum atomic E-state index is -0.334. The number of methoxy groups -OCH3 is 2. The Bertz CT molecular complexity index is 682. The molecule has 2 aromatic rings. The van der Waals surface area contributed by atoms with E-state index in [0.717, 1.165) is 11.3 Å².